The van der Waals surface area contributed by atoms with Crippen molar-refractivity contribution in [2.45, 2.75) is 57.8 Å². The zero-order valence-corrected chi connectivity index (χ0v) is 18.5. The molecule has 1 aliphatic heterocycles. The molecule has 2 heterocycles. The number of hydrogen-bond donors (Lipinski definition) is 3. The topological polar surface area (TPSA) is 78.4 Å². The molecule has 1 atom stereocenters. The van der Waals surface area contributed by atoms with E-state index in [1.54, 1.807) is 0 Å². The Hall–Kier alpha value is -2.41. The number of nitrogens with zero attached hydrogens (tertiary/aromatic N) is 2. The molecule has 1 unspecified atom stereocenters. The molecule has 4 rings (SSSR count). The number of hydrogen-bond acceptors (Lipinski definition) is 4. The molecule has 0 saturated carbocycles. The number of aromatic nitrogens is 1. The fraction of sp³-hybridized carbons (Fsp3) is 0.522. The van der Waals surface area contributed by atoms with E-state index in [0.717, 1.165) is 44.0 Å². The fourth-order valence-electron chi connectivity index (χ4n) is 4.17. The number of rotatable bonds is 7. The lowest BCUT2D eigenvalue weighted by Crippen LogP contribution is -2.38. The molecule has 0 spiro atoms. The van der Waals surface area contributed by atoms with Gasteiger partial charge in [0, 0.05) is 42.4 Å². The normalized spacial score (nSPS) is 18.4. The summed E-state index contributed by atoms with van der Waals surface area (Å²) in [5, 5.41) is 11.0. The molecule has 3 N–H and O–H groups in total. The van der Waals surface area contributed by atoms with Gasteiger partial charge in [0.05, 0.1) is 17.2 Å². The smallest absolute Gasteiger partial charge is 0.225 e. The lowest BCUT2D eigenvalue weighted by molar-refractivity contribution is -0.116. The van der Waals surface area contributed by atoms with Crippen molar-refractivity contribution >= 4 is 28.9 Å². The summed E-state index contributed by atoms with van der Waals surface area (Å²) in [6.45, 7) is 4.34. The number of nitrogens with one attached hydrogen (secondary N) is 3. The van der Waals surface area contributed by atoms with Crippen molar-refractivity contribution in [3.05, 3.63) is 45.4 Å². The van der Waals surface area contributed by atoms with E-state index in [0.29, 0.717) is 13.0 Å². The van der Waals surface area contributed by atoms with Crippen LogP contribution in [0.15, 0.2) is 29.3 Å². The van der Waals surface area contributed by atoms with Gasteiger partial charge in [-0.25, -0.2) is 4.98 Å². The second-order valence-electron chi connectivity index (χ2n) is 7.97. The summed E-state index contributed by atoms with van der Waals surface area (Å²) < 4.78 is 0. The molecule has 2 aromatic rings. The minimum absolute atomic E-state index is 0.0676. The van der Waals surface area contributed by atoms with Crippen LogP contribution in [-0.2, 0) is 24.1 Å². The Balaban J connectivity index is 1.30. The van der Waals surface area contributed by atoms with E-state index in [2.05, 4.69) is 28.9 Å². The molecular formula is C23H31N5OS. The van der Waals surface area contributed by atoms with Crippen LogP contribution in [0.5, 0.6) is 0 Å². The zero-order valence-electron chi connectivity index (χ0n) is 17.7. The van der Waals surface area contributed by atoms with E-state index < -0.39 is 0 Å². The number of aliphatic imine (C=N–C) groups is 1. The number of guanidine groups is 1. The monoisotopic (exact) mass is 425 g/mol. The highest BCUT2D eigenvalue weighted by atomic mass is 32.1. The number of amides is 1. The van der Waals surface area contributed by atoms with E-state index in [4.69, 9.17) is 9.98 Å². The van der Waals surface area contributed by atoms with Gasteiger partial charge in [0.25, 0.3) is 0 Å². The minimum Gasteiger partial charge on any atom is -0.357 e. The summed E-state index contributed by atoms with van der Waals surface area (Å²) >= 11 is 1.90. The zero-order chi connectivity index (χ0) is 20.8. The number of carbonyl (C=O) groups is 1. The van der Waals surface area contributed by atoms with Crippen molar-refractivity contribution in [3.63, 3.8) is 0 Å². The molecule has 6 nitrogen and oxygen atoms in total. The van der Waals surface area contributed by atoms with Crippen LogP contribution in [0.25, 0.3) is 0 Å². The molecule has 1 amide bonds. The van der Waals surface area contributed by atoms with E-state index in [1.165, 1.54) is 40.4 Å². The minimum atomic E-state index is 0.0676. The summed E-state index contributed by atoms with van der Waals surface area (Å²) in [7, 11) is 0. The fourth-order valence-corrected chi connectivity index (χ4v) is 5.37. The molecule has 2 aliphatic rings. The number of thiazole rings is 1. The van der Waals surface area contributed by atoms with Crippen LogP contribution in [0.1, 0.15) is 59.7 Å². The van der Waals surface area contributed by atoms with Crippen LogP contribution in [0.4, 0.5) is 5.69 Å². The van der Waals surface area contributed by atoms with Gasteiger partial charge in [-0.15, -0.1) is 11.3 Å². The van der Waals surface area contributed by atoms with Crippen LogP contribution in [0.3, 0.4) is 0 Å². The standard InChI is InChI=1S/C23H31N5OS/c1-2-24-23(25-13-7-12-22-28-19-10-5-6-11-20(19)30-22)26-15-16-14-21(29)27-18-9-4-3-8-17(16)18/h3-4,8-9,16H,2,5-7,10-15H2,1H3,(H,27,29)(H2,24,25,26). The molecule has 0 saturated heterocycles. The predicted octanol–water partition coefficient (Wildman–Crippen LogP) is 3.64. The molecule has 1 aliphatic carbocycles. The van der Waals surface area contributed by atoms with Gasteiger partial charge in [0.1, 0.15) is 0 Å². The highest BCUT2D eigenvalue weighted by Gasteiger charge is 2.24. The van der Waals surface area contributed by atoms with Crippen LogP contribution in [0, 0.1) is 0 Å². The van der Waals surface area contributed by atoms with Gasteiger partial charge in [0.15, 0.2) is 5.96 Å². The summed E-state index contributed by atoms with van der Waals surface area (Å²) in [5.74, 6) is 1.00. The Morgan fingerprint density at radius 3 is 3.00 bits per heavy atom. The summed E-state index contributed by atoms with van der Waals surface area (Å²) in [6, 6.07) is 8.02. The third-order valence-corrected chi connectivity index (χ3v) is 6.89. The van der Waals surface area contributed by atoms with Crippen molar-refractivity contribution in [1.29, 1.82) is 0 Å². The number of carbonyl (C=O) groups excluding carboxylic acids is 1. The molecular weight excluding hydrogens is 394 g/mol. The van der Waals surface area contributed by atoms with E-state index in [1.807, 2.05) is 29.5 Å². The van der Waals surface area contributed by atoms with Gasteiger partial charge < -0.3 is 16.0 Å². The Kier molecular flexibility index (Phi) is 7.00. The highest BCUT2D eigenvalue weighted by Crippen LogP contribution is 2.32. The van der Waals surface area contributed by atoms with Gasteiger partial charge in [0.2, 0.25) is 5.91 Å². The molecule has 0 radical (unpaired) electrons. The lowest BCUT2D eigenvalue weighted by Gasteiger charge is -2.24. The number of fused-ring (bicyclic) bond motifs is 2. The quantitative estimate of drug-likeness (QED) is 0.360. The second-order valence-corrected chi connectivity index (χ2v) is 9.14. The largest absolute Gasteiger partial charge is 0.357 e. The SMILES string of the molecule is CCNC(=NCC1CC(=O)Nc2ccccc21)NCCCc1nc2c(s1)CCCC2. The highest BCUT2D eigenvalue weighted by molar-refractivity contribution is 7.11. The maximum atomic E-state index is 12.0. The van der Waals surface area contributed by atoms with Crippen LogP contribution in [-0.4, -0.2) is 36.5 Å². The van der Waals surface area contributed by atoms with Gasteiger partial charge in [-0.05, 0) is 50.7 Å². The molecule has 160 valence electrons. The molecule has 30 heavy (non-hydrogen) atoms. The Morgan fingerprint density at radius 1 is 1.27 bits per heavy atom. The Bertz CT molecular complexity index is 883. The van der Waals surface area contributed by atoms with Gasteiger partial charge >= 0.3 is 0 Å². The van der Waals surface area contributed by atoms with Crippen molar-refractivity contribution < 1.29 is 4.79 Å². The third kappa shape index (κ3) is 5.19. The summed E-state index contributed by atoms with van der Waals surface area (Å²) in [6.07, 6.45) is 7.49. The van der Waals surface area contributed by atoms with Crippen molar-refractivity contribution in [1.82, 2.24) is 15.6 Å². The average molecular weight is 426 g/mol. The first-order chi connectivity index (χ1) is 14.7. The van der Waals surface area contributed by atoms with Gasteiger partial charge in [-0.2, -0.15) is 0 Å². The Morgan fingerprint density at radius 2 is 2.13 bits per heavy atom. The van der Waals surface area contributed by atoms with Crippen molar-refractivity contribution in [2.75, 3.05) is 25.0 Å². The number of aryl methyl sites for hydroxylation is 3. The van der Waals surface area contributed by atoms with Crippen LogP contribution in [0.2, 0.25) is 0 Å². The first kappa shape index (κ1) is 20.8. The van der Waals surface area contributed by atoms with Crippen molar-refractivity contribution in [3.8, 4) is 0 Å². The molecule has 7 heteroatoms. The average Bonchev–Trinajstić information content (AvgIpc) is 3.17. The Labute approximate surface area is 182 Å². The maximum Gasteiger partial charge on any atom is 0.225 e. The third-order valence-electron chi connectivity index (χ3n) is 5.67. The maximum absolute atomic E-state index is 12.0. The number of benzene rings is 1. The molecule has 1 aromatic heterocycles. The van der Waals surface area contributed by atoms with E-state index >= 15 is 0 Å². The van der Waals surface area contributed by atoms with Gasteiger partial charge in [-0.3, -0.25) is 9.79 Å². The second kappa shape index (κ2) is 10.1. The first-order valence-corrected chi connectivity index (χ1v) is 11.9. The van der Waals surface area contributed by atoms with Crippen LogP contribution < -0.4 is 16.0 Å². The predicted molar refractivity (Wildman–Crippen MR) is 123 cm³/mol. The van der Waals surface area contributed by atoms with E-state index in [-0.39, 0.29) is 11.8 Å². The summed E-state index contributed by atoms with van der Waals surface area (Å²) in [4.78, 5) is 23.1. The summed E-state index contributed by atoms with van der Waals surface area (Å²) in [5.41, 5.74) is 3.43. The van der Waals surface area contributed by atoms with Crippen molar-refractivity contribution in [2.24, 2.45) is 4.99 Å². The number of para-hydroxylation sites is 1. The van der Waals surface area contributed by atoms with E-state index in [9.17, 15) is 4.79 Å². The molecule has 1 aromatic carbocycles. The molecule has 0 fully saturated rings. The van der Waals surface area contributed by atoms with Gasteiger partial charge in [-0.1, -0.05) is 18.2 Å². The van der Waals surface area contributed by atoms with Crippen LogP contribution >= 0.6 is 11.3 Å². The number of anilines is 1. The first-order valence-electron chi connectivity index (χ1n) is 11.1. The molecule has 0 bridgehead atoms. The lowest BCUT2D eigenvalue weighted by atomic mass is 9.91.